The summed E-state index contributed by atoms with van der Waals surface area (Å²) in [6, 6.07) is 9.06. The summed E-state index contributed by atoms with van der Waals surface area (Å²) in [6.45, 7) is 1.35. The van der Waals surface area contributed by atoms with E-state index in [1.165, 1.54) is 22.9 Å². The van der Waals surface area contributed by atoms with E-state index in [0.29, 0.717) is 11.1 Å². The molecule has 0 fully saturated rings. The van der Waals surface area contributed by atoms with Crippen molar-refractivity contribution in [2.24, 2.45) is 0 Å². The molecular weight excluding hydrogens is 429 g/mol. The zero-order valence-corrected chi connectivity index (χ0v) is 16.9. The maximum Gasteiger partial charge on any atom is 0.423 e. The van der Waals surface area contributed by atoms with Gasteiger partial charge < -0.3 is 5.11 Å². The Hall–Kier alpha value is -3.36. The van der Waals surface area contributed by atoms with E-state index in [1.807, 2.05) is 17.5 Å². The smallest absolute Gasteiger partial charge is 0.375 e. The van der Waals surface area contributed by atoms with Crippen LogP contribution in [0.5, 0.6) is 0 Å². The van der Waals surface area contributed by atoms with Crippen molar-refractivity contribution in [3.63, 3.8) is 0 Å². The van der Waals surface area contributed by atoms with Gasteiger partial charge in [0.15, 0.2) is 0 Å². The highest BCUT2D eigenvalue weighted by Gasteiger charge is 2.55. The number of aromatic nitrogens is 5. The summed E-state index contributed by atoms with van der Waals surface area (Å²) >= 11 is 1.44. The van der Waals surface area contributed by atoms with Crippen LogP contribution in [0.1, 0.15) is 30.3 Å². The Balaban J connectivity index is 1.69. The van der Waals surface area contributed by atoms with Gasteiger partial charge in [-0.25, -0.2) is 14.6 Å². The zero-order chi connectivity index (χ0) is 22.2. The lowest BCUT2D eigenvalue weighted by molar-refractivity contribution is -0.269. The number of nitrogens with zero attached hydrogens (tertiary/aromatic N) is 6. The Morgan fingerprint density at radius 3 is 2.71 bits per heavy atom. The molecule has 3 heterocycles. The lowest BCUT2D eigenvalue weighted by Gasteiger charge is -2.26. The molecule has 0 saturated heterocycles. The third kappa shape index (κ3) is 3.75. The van der Waals surface area contributed by atoms with Crippen LogP contribution >= 0.6 is 11.3 Å². The average Bonchev–Trinajstić information content (AvgIpc) is 3.43. The van der Waals surface area contributed by atoms with E-state index in [1.54, 1.807) is 23.7 Å². The van der Waals surface area contributed by atoms with Crippen LogP contribution in [0.15, 0.2) is 41.4 Å². The molecule has 31 heavy (non-hydrogen) atoms. The number of rotatable bonds is 5. The third-order valence-corrected chi connectivity index (χ3v) is 5.57. The molecule has 0 spiro atoms. The number of benzene rings is 1. The number of nitriles is 1. The molecule has 3 aromatic heterocycles. The van der Waals surface area contributed by atoms with Gasteiger partial charge in [0.1, 0.15) is 17.5 Å². The molecule has 0 radical (unpaired) electrons. The van der Waals surface area contributed by atoms with Gasteiger partial charge in [-0.05, 0) is 24.1 Å². The van der Waals surface area contributed by atoms with Crippen LogP contribution in [0, 0.1) is 11.3 Å². The molecule has 0 bridgehead atoms. The Labute approximate surface area is 178 Å². The van der Waals surface area contributed by atoms with Gasteiger partial charge in [-0.1, -0.05) is 24.3 Å². The van der Waals surface area contributed by atoms with Gasteiger partial charge >= 0.3 is 6.18 Å². The van der Waals surface area contributed by atoms with E-state index in [0.717, 1.165) is 22.8 Å². The number of alkyl halides is 3. The highest BCUT2D eigenvalue weighted by molar-refractivity contribution is 7.07. The van der Waals surface area contributed by atoms with Crippen LogP contribution in [0.25, 0.3) is 22.2 Å². The number of fused-ring (bicyclic) bond motifs is 1. The van der Waals surface area contributed by atoms with Gasteiger partial charge in [0, 0.05) is 16.3 Å². The summed E-state index contributed by atoms with van der Waals surface area (Å²) in [7, 11) is 0. The molecule has 0 amide bonds. The van der Waals surface area contributed by atoms with Crippen molar-refractivity contribution >= 4 is 22.2 Å². The van der Waals surface area contributed by atoms with Crippen molar-refractivity contribution in [2.45, 2.75) is 31.7 Å². The molecule has 4 aromatic rings. The quantitative estimate of drug-likeness (QED) is 0.499. The van der Waals surface area contributed by atoms with Crippen LogP contribution in [-0.2, 0) is 12.1 Å². The predicted octanol–water partition coefficient (Wildman–Crippen LogP) is 4.03. The predicted molar refractivity (Wildman–Crippen MR) is 107 cm³/mol. The monoisotopic (exact) mass is 444 g/mol. The first-order valence-electron chi connectivity index (χ1n) is 9.17. The minimum absolute atomic E-state index is 0.116. The van der Waals surface area contributed by atoms with Gasteiger partial charge in [0.25, 0.3) is 0 Å². The minimum Gasteiger partial charge on any atom is -0.375 e. The average molecular weight is 444 g/mol. The maximum absolute atomic E-state index is 13.3. The van der Waals surface area contributed by atoms with Gasteiger partial charge in [-0.15, -0.1) is 16.4 Å². The topological polar surface area (TPSA) is 101 Å². The van der Waals surface area contributed by atoms with Crippen molar-refractivity contribution in [2.75, 3.05) is 0 Å². The van der Waals surface area contributed by atoms with Gasteiger partial charge in [-0.2, -0.15) is 18.4 Å². The zero-order valence-electron chi connectivity index (χ0n) is 16.1. The molecule has 1 aromatic carbocycles. The number of pyridine rings is 1. The molecule has 11 heteroatoms. The van der Waals surface area contributed by atoms with E-state index in [2.05, 4.69) is 20.3 Å². The van der Waals surface area contributed by atoms with Crippen LogP contribution in [-0.4, -0.2) is 36.2 Å². The lowest BCUT2D eigenvalue weighted by Crippen LogP contribution is -2.42. The summed E-state index contributed by atoms with van der Waals surface area (Å²) in [5, 5.41) is 29.3. The Morgan fingerprint density at radius 1 is 1.26 bits per heavy atom. The number of hydrogen-bond acceptors (Lipinski definition) is 7. The molecule has 4 rings (SSSR count). The number of hydrogen-bond donors (Lipinski definition) is 1. The van der Waals surface area contributed by atoms with Crippen molar-refractivity contribution in [1.82, 2.24) is 25.0 Å². The van der Waals surface area contributed by atoms with Crippen LogP contribution < -0.4 is 0 Å². The number of thiazole rings is 1. The Bertz CT molecular complexity index is 1280. The van der Waals surface area contributed by atoms with E-state index in [-0.39, 0.29) is 12.2 Å². The van der Waals surface area contributed by atoms with Crippen LogP contribution in [0.3, 0.4) is 0 Å². The molecule has 1 unspecified atom stereocenters. The summed E-state index contributed by atoms with van der Waals surface area (Å²) in [6.07, 6.45) is -4.36. The van der Waals surface area contributed by atoms with Gasteiger partial charge in [-0.3, -0.25) is 0 Å². The molecule has 1 N–H and O–H groups in total. The van der Waals surface area contributed by atoms with E-state index < -0.39 is 23.9 Å². The summed E-state index contributed by atoms with van der Waals surface area (Å²) in [4.78, 5) is 8.64. The second-order valence-corrected chi connectivity index (χ2v) is 7.62. The fourth-order valence-corrected chi connectivity index (χ4v) is 3.82. The second kappa shape index (κ2) is 7.72. The molecular formula is C20H15F3N6OS. The molecule has 158 valence electrons. The molecule has 7 nitrogen and oxygen atoms in total. The van der Waals surface area contributed by atoms with Gasteiger partial charge in [0.2, 0.25) is 5.60 Å². The Morgan fingerprint density at radius 2 is 2.06 bits per heavy atom. The van der Waals surface area contributed by atoms with Crippen LogP contribution in [0.4, 0.5) is 13.2 Å². The van der Waals surface area contributed by atoms with E-state index in [4.69, 9.17) is 0 Å². The highest BCUT2D eigenvalue weighted by atomic mass is 32.1. The number of aliphatic hydroxyl groups is 1. The van der Waals surface area contributed by atoms with Crippen molar-refractivity contribution < 1.29 is 18.3 Å². The summed E-state index contributed by atoms with van der Waals surface area (Å²) in [5.41, 5.74) is 1.07. The van der Waals surface area contributed by atoms with E-state index in [9.17, 15) is 23.5 Å². The van der Waals surface area contributed by atoms with Crippen LogP contribution in [0.2, 0.25) is 0 Å². The standard InChI is InChI=1S/C20H15F3N6OS/c1-2-19(30,20(21,22)23)18-9-29(28-27-18)8-12-3-4-14-15(17-10-31-11-25-17)6-13(7-24)26-16(14)5-12/h3-6,9-11,30H,2,8H2,1H3. The normalized spacial score (nSPS) is 13.8. The minimum atomic E-state index is -4.87. The van der Waals surface area contributed by atoms with Crippen molar-refractivity contribution in [1.29, 1.82) is 5.26 Å². The molecule has 1 atom stereocenters. The lowest BCUT2D eigenvalue weighted by atomic mass is 9.96. The summed E-state index contributed by atoms with van der Waals surface area (Å²) < 4.78 is 41.0. The molecule has 0 aliphatic rings. The fourth-order valence-electron chi connectivity index (χ4n) is 3.27. The first-order valence-corrected chi connectivity index (χ1v) is 10.1. The maximum atomic E-state index is 13.3. The van der Waals surface area contributed by atoms with Crippen molar-refractivity contribution in [3.05, 3.63) is 58.3 Å². The highest BCUT2D eigenvalue weighted by Crippen LogP contribution is 2.40. The second-order valence-electron chi connectivity index (χ2n) is 6.90. The van der Waals surface area contributed by atoms with Crippen molar-refractivity contribution in [3.8, 4) is 17.3 Å². The first kappa shape index (κ1) is 20.9. The fraction of sp³-hybridized carbons (Fsp3) is 0.250. The summed E-state index contributed by atoms with van der Waals surface area (Å²) in [5.74, 6) is 0. The molecule has 0 aliphatic heterocycles. The third-order valence-electron chi connectivity index (χ3n) is 4.98. The van der Waals surface area contributed by atoms with E-state index >= 15 is 0 Å². The molecule has 0 aliphatic carbocycles. The number of halogens is 3. The largest absolute Gasteiger partial charge is 0.423 e. The Kier molecular flexibility index (Phi) is 5.20. The van der Waals surface area contributed by atoms with Gasteiger partial charge in [0.05, 0.1) is 29.5 Å². The SMILES string of the molecule is CCC(O)(c1cn(Cc2ccc3c(-c4cscn4)cc(C#N)nc3c2)nn1)C(F)(F)F. The first-order chi connectivity index (χ1) is 14.7. The molecule has 0 saturated carbocycles.